The molecule has 0 radical (unpaired) electrons. The molecule has 4 amide bonds. The van der Waals surface area contributed by atoms with Gasteiger partial charge in [-0.3, -0.25) is 19.4 Å². The SMILES string of the molecule is O=C(C[C@@H]1NC(=O)N(CCc2c[nH]c3ccccc23)C1=O)NCCCN1CCOCC1. The molecule has 0 unspecified atom stereocenters. The largest absolute Gasteiger partial charge is 0.379 e. The predicted octanol–water partition coefficient (Wildman–Crippen LogP) is 0.859. The van der Waals surface area contributed by atoms with Gasteiger partial charge in [-0.05, 0) is 31.0 Å². The summed E-state index contributed by atoms with van der Waals surface area (Å²) in [7, 11) is 0. The molecular weight excluding hydrogens is 398 g/mol. The van der Waals surface area contributed by atoms with Crippen LogP contribution in [0.1, 0.15) is 18.4 Å². The standard InChI is InChI=1S/C22H29N5O4/c28-20(23-7-3-8-26-10-12-31-13-11-26)14-19-21(29)27(22(30)25-19)9-6-16-15-24-18-5-2-1-4-17(16)18/h1-2,4-5,15,19,24H,3,6-14H2,(H,23,28)(H,25,30)/t19-/m0/s1. The maximum Gasteiger partial charge on any atom is 0.324 e. The molecule has 2 saturated heterocycles. The van der Waals surface area contributed by atoms with E-state index in [1.165, 1.54) is 4.90 Å². The molecule has 2 aromatic rings. The van der Waals surface area contributed by atoms with E-state index >= 15 is 0 Å². The number of amides is 4. The molecule has 0 aliphatic carbocycles. The van der Waals surface area contributed by atoms with Crippen molar-refractivity contribution in [2.45, 2.75) is 25.3 Å². The average Bonchev–Trinajstić information content (AvgIpc) is 3.31. The van der Waals surface area contributed by atoms with Crippen LogP contribution in [0.15, 0.2) is 30.5 Å². The molecule has 3 N–H and O–H groups in total. The number of hydrogen-bond acceptors (Lipinski definition) is 5. The molecule has 9 heteroatoms. The van der Waals surface area contributed by atoms with Crippen molar-refractivity contribution in [1.82, 2.24) is 25.4 Å². The Morgan fingerprint density at radius 2 is 1.97 bits per heavy atom. The number of aromatic amines is 1. The summed E-state index contributed by atoms with van der Waals surface area (Å²) >= 11 is 0. The first-order chi connectivity index (χ1) is 15.1. The van der Waals surface area contributed by atoms with Crippen LogP contribution in [0.3, 0.4) is 0 Å². The van der Waals surface area contributed by atoms with Crippen LogP contribution in [0, 0.1) is 0 Å². The lowest BCUT2D eigenvalue weighted by Crippen LogP contribution is -2.39. The molecular formula is C22H29N5O4. The van der Waals surface area contributed by atoms with Crippen LogP contribution in [-0.2, 0) is 20.7 Å². The Labute approximate surface area is 181 Å². The van der Waals surface area contributed by atoms with Crippen molar-refractivity contribution < 1.29 is 19.1 Å². The number of nitrogens with one attached hydrogen (secondary N) is 3. The topological polar surface area (TPSA) is 107 Å². The van der Waals surface area contributed by atoms with Crippen LogP contribution < -0.4 is 10.6 Å². The van der Waals surface area contributed by atoms with Gasteiger partial charge in [0.15, 0.2) is 0 Å². The van der Waals surface area contributed by atoms with Gasteiger partial charge in [0, 0.05) is 43.3 Å². The monoisotopic (exact) mass is 427 g/mol. The molecule has 1 aromatic carbocycles. The zero-order valence-electron chi connectivity index (χ0n) is 17.6. The summed E-state index contributed by atoms with van der Waals surface area (Å²) in [4.78, 5) is 43.9. The van der Waals surface area contributed by atoms with Gasteiger partial charge in [0.25, 0.3) is 5.91 Å². The number of aromatic nitrogens is 1. The van der Waals surface area contributed by atoms with E-state index in [0.29, 0.717) is 13.0 Å². The highest BCUT2D eigenvalue weighted by molar-refractivity contribution is 6.05. The van der Waals surface area contributed by atoms with E-state index < -0.39 is 12.1 Å². The number of urea groups is 1. The van der Waals surface area contributed by atoms with E-state index in [-0.39, 0.29) is 24.8 Å². The van der Waals surface area contributed by atoms with Gasteiger partial charge < -0.3 is 20.4 Å². The second-order valence-corrected chi connectivity index (χ2v) is 7.96. The van der Waals surface area contributed by atoms with Crippen LogP contribution in [0.5, 0.6) is 0 Å². The van der Waals surface area contributed by atoms with Gasteiger partial charge in [0.2, 0.25) is 5.91 Å². The minimum absolute atomic E-state index is 0.0360. The first-order valence-corrected chi connectivity index (χ1v) is 10.9. The molecule has 2 fully saturated rings. The number of benzene rings is 1. The third-order valence-electron chi connectivity index (χ3n) is 5.85. The van der Waals surface area contributed by atoms with Crippen molar-refractivity contribution in [3.8, 4) is 0 Å². The Bertz CT molecular complexity index is 937. The Balaban J connectivity index is 1.21. The van der Waals surface area contributed by atoms with Gasteiger partial charge in [0.05, 0.1) is 19.6 Å². The zero-order chi connectivity index (χ0) is 21.6. The smallest absolute Gasteiger partial charge is 0.324 e. The van der Waals surface area contributed by atoms with Crippen molar-refractivity contribution in [2.75, 3.05) is 45.9 Å². The number of hydrogen-bond donors (Lipinski definition) is 3. The van der Waals surface area contributed by atoms with Gasteiger partial charge in [-0.1, -0.05) is 18.2 Å². The molecule has 1 aromatic heterocycles. The number of morpholine rings is 1. The Morgan fingerprint density at radius 3 is 2.81 bits per heavy atom. The first kappa shape index (κ1) is 21.3. The van der Waals surface area contributed by atoms with Gasteiger partial charge in [-0.2, -0.15) is 0 Å². The number of carbonyl (C=O) groups excluding carboxylic acids is 3. The quantitative estimate of drug-likeness (QED) is 0.407. The number of imide groups is 1. The van der Waals surface area contributed by atoms with Gasteiger partial charge in [0.1, 0.15) is 6.04 Å². The number of fused-ring (bicyclic) bond motifs is 1. The fourth-order valence-electron chi connectivity index (χ4n) is 4.11. The van der Waals surface area contributed by atoms with E-state index in [1.807, 2.05) is 30.5 Å². The Kier molecular flexibility index (Phi) is 6.83. The van der Waals surface area contributed by atoms with E-state index in [4.69, 9.17) is 4.74 Å². The van der Waals surface area contributed by atoms with Gasteiger partial charge >= 0.3 is 6.03 Å². The molecule has 166 valence electrons. The zero-order valence-corrected chi connectivity index (χ0v) is 17.6. The van der Waals surface area contributed by atoms with E-state index in [1.54, 1.807) is 0 Å². The van der Waals surface area contributed by atoms with Crippen LogP contribution in [-0.4, -0.2) is 84.6 Å². The second-order valence-electron chi connectivity index (χ2n) is 7.96. The highest BCUT2D eigenvalue weighted by Gasteiger charge is 2.38. The summed E-state index contributed by atoms with van der Waals surface area (Å²) in [6.45, 7) is 5.10. The van der Waals surface area contributed by atoms with E-state index in [0.717, 1.165) is 55.7 Å². The van der Waals surface area contributed by atoms with Crippen LogP contribution in [0.4, 0.5) is 4.79 Å². The van der Waals surface area contributed by atoms with Crippen LogP contribution in [0.2, 0.25) is 0 Å². The van der Waals surface area contributed by atoms with Crippen LogP contribution in [0.25, 0.3) is 10.9 Å². The number of rotatable bonds is 9. The van der Waals surface area contributed by atoms with Crippen molar-refractivity contribution >= 4 is 28.7 Å². The predicted molar refractivity (Wildman–Crippen MR) is 116 cm³/mol. The normalized spacial score (nSPS) is 19.7. The molecule has 1 atom stereocenters. The van der Waals surface area contributed by atoms with E-state index in [9.17, 15) is 14.4 Å². The van der Waals surface area contributed by atoms with Crippen molar-refractivity contribution in [2.24, 2.45) is 0 Å². The first-order valence-electron chi connectivity index (χ1n) is 10.9. The highest BCUT2D eigenvalue weighted by atomic mass is 16.5. The highest BCUT2D eigenvalue weighted by Crippen LogP contribution is 2.19. The van der Waals surface area contributed by atoms with Gasteiger partial charge in [-0.25, -0.2) is 4.79 Å². The fraction of sp³-hybridized carbons (Fsp3) is 0.500. The number of nitrogens with zero attached hydrogens (tertiary/aromatic N) is 2. The van der Waals surface area contributed by atoms with Gasteiger partial charge in [-0.15, -0.1) is 0 Å². The Morgan fingerprint density at radius 1 is 1.16 bits per heavy atom. The molecule has 0 saturated carbocycles. The molecule has 0 bridgehead atoms. The summed E-state index contributed by atoms with van der Waals surface area (Å²) in [6, 6.07) is 6.69. The minimum Gasteiger partial charge on any atom is -0.379 e. The third-order valence-corrected chi connectivity index (χ3v) is 5.85. The number of carbonyl (C=O) groups is 3. The van der Waals surface area contributed by atoms with Crippen molar-refractivity contribution in [3.05, 3.63) is 36.0 Å². The molecule has 3 heterocycles. The summed E-state index contributed by atoms with van der Waals surface area (Å²) in [5, 5.41) is 6.58. The lowest BCUT2D eigenvalue weighted by molar-refractivity contribution is -0.130. The average molecular weight is 428 g/mol. The second kappa shape index (κ2) is 9.93. The summed E-state index contributed by atoms with van der Waals surface area (Å²) in [6.07, 6.45) is 3.27. The molecule has 2 aliphatic rings. The van der Waals surface area contributed by atoms with Crippen molar-refractivity contribution in [1.29, 1.82) is 0 Å². The number of para-hydroxylation sites is 1. The maximum atomic E-state index is 12.6. The minimum atomic E-state index is -0.797. The van der Waals surface area contributed by atoms with Crippen molar-refractivity contribution in [3.63, 3.8) is 0 Å². The fourth-order valence-corrected chi connectivity index (χ4v) is 4.11. The summed E-state index contributed by atoms with van der Waals surface area (Å²) < 4.78 is 5.32. The summed E-state index contributed by atoms with van der Waals surface area (Å²) in [5.41, 5.74) is 2.08. The number of ether oxygens (including phenoxy) is 1. The van der Waals surface area contributed by atoms with Crippen LogP contribution >= 0.6 is 0 Å². The Hall–Kier alpha value is -2.91. The van der Waals surface area contributed by atoms with E-state index in [2.05, 4.69) is 20.5 Å². The molecule has 4 rings (SSSR count). The third kappa shape index (κ3) is 5.23. The maximum absolute atomic E-state index is 12.6. The molecule has 31 heavy (non-hydrogen) atoms. The molecule has 2 aliphatic heterocycles. The summed E-state index contributed by atoms with van der Waals surface area (Å²) in [5.74, 6) is -0.563. The lowest BCUT2D eigenvalue weighted by atomic mass is 10.1. The molecule has 0 spiro atoms. The lowest BCUT2D eigenvalue weighted by Gasteiger charge is -2.26. The molecule has 9 nitrogen and oxygen atoms in total. The number of H-pyrrole nitrogens is 1.